The number of hydrogen-bond acceptors (Lipinski definition) is 8. The van der Waals surface area contributed by atoms with Crippen molar-refractivity contribution in [2.75, 3.05) is 26.4 Å². The van der Waals surface area contributed by atoms with Gasteiger partial charge in [0.25, 0.3) is 0 Å². The van der Waals surface area contributed by atoms with Gasteiger partial charge in [-0.05, 0) is 122 Å². The smallest absolute Gasteiger partial charge is 0.462 e. The van der Waals surface area contributed by atoms with Crippen molar-refractivity contribution >= 4 is 19.8 Å². The van der Waals surface area contributed by atoms with E-state index < -0.39 is 26.5 Å². The number of ether oxygens (including phenoxy) is 2. The fourth-order valence-electron chi connectivity index (χ4n) is 11.3. The van der Waals surface area contributed by atoms with Gasteiger partial charge in [0.15, 0.2) is 6.10 Å². The minimum Gasteiger partial charge on any atom is -0.462 e. The van der Waals surface area contributed by atoms with Gasteiger partial charge >= 0.3 is 19.8 Å². The molecule has 97 heavy (non-hydrogen) atoms. The second-order valence-electron chi connectivity index (χ2n) is 26.6. The number of phosphoric acid groups is 1. The van der Waals surface area contributed by atoms with Gasteiger partial charge in [-0.1, -0.05) is 372 Å². The number of unbranched alkanes of at least 4 members (excludes halogenated alkanes) is 38. The van der Waals surface area contributed by atoms with Gasteiger partial charge in [-0.2, -0.15) is 0 Å². The SMILES string of the molecule is CC/C=C\C/C=C\C/C=C\C/C=C\C/C=C\C/C=C\C/C=C\C/C=C\C/C=C\CCCCCCCCCC(=O)OC(COC(=O)CCCCCCCCCCCCCCCCCCCCCCCCCCCC/C=C\C/C=C\C/C=C\CCCCCCC)COP(=O)(O)OCCN. The van der Waals surface area contributed by atoms with Gasteiger partial charge in [0.1, 0.15) is 6.61 Å². The summed E-state index contributed by atoms with van der Waals surface area (Å²) in [7, 11) is -4.41. The Bertz CT molecular complexity index is 2110. The zero-order valence-electron chi connectivity index (χ0n) is 62.8. The Morgan fingerprint density at radius 3 is 0.845 bits per heavy atom. The molecule has 0 spiro atoms. The summed E-state index contributed by atoms with van der Waals surface area (Å²) in [4.78, 5) is 35.5. The highest BCUT2D eigenvalue weighted by atomic mass is 31.2. The van der Waals surface area contributed by atoms with E-state index in [1.54, 1.807) is 0 Å². The molecule has 0 saturated carbocycles. The van der Waals surface area contributed by atoms with E-state index in [0.717, 1.165) is 116 Å². The zero-order valence-corrected chi connectivity index (χ0v) is 63.7. The lowest BCUT2D eigenvalue weighted by molar-refractivity contribution is -0.161. The van der Waals surface area contributed by atoms with Gasteiger partial charge in [0, 0.05) is 19.4 Å². The number of nitrogens with two attached hydrogens (primary N) is 1. The summed E-state index contributed by atoms with van der Waals surface area (Å²) < 4.78 is 33.3. The van der Waals surface area contributed by atoms with Crippen molar-refractivity contribution in [1.29, 1.82) is 0 Å². The first-order valence-corrected chi connectivity index (χ1v) is 41.8. The van der Waals surface area contributed by atoms with Gasteiger partial charge in [0.2, 0.25) is 0 Å². The van der Waals surface area contributed by atoms with Crippen LogP contribution in [0.1, 0.15) is 361 Å². The summed E-state index contributed by atoms with van der Waals surface area (Å²) in [5.74, 6) is -0.835. The van der Waals surface area contributed by atoms with Crippen LogP contribution in [-0.2, 0) is 32.7 Å². The highest BCUT2D eigenvalue weighted by Crippen LogP contribution is 2.43. The second kappa shape index (κ2) is 80.9. The van der Waals surface area contributed by atoms with Crippen molar-refractivity contribution < 1.29 is 37.6 Å². The molecule has 0 saturated heterocycles. The summed E-state index contributed by atoms with van der Waals surface area (Å²) in [6.07, 6.45) is 117. The maximum Gasteiger partial charge on any atom is 0.472 e. The molecule has 0 rings (SSSR count). The number of esters is 2. The van der Waals surface area contributed by atoms with Crippen LogP contribution in [0.2, 0.25) is 0 Å². The highest BCUT2D eigenvalue weighted by molar-refractivity contribution is 7.47. The summed E-state index contributed by atoms with van der Waals surface area (Å²) in [6, 6.07) is 0. The fraction of sp³-hybridized carbons (Fsp3) is 0.701. The van der Waals surface area contributed by atoms with E-state index in [-0.39, 0.29) is 38.6 Å². The molecule has 0 fully saturated rings. The number of allylic oxidation sites excluding steroid dienone is 24. The number of hydrogen-bond donors (Lipinski definition) is 2. The van der Waals surface area contributed by atoms with Crippen molar-refractivity contribution in [2.45, 2.75) is 367 Å². The van der Waals surface area contributed by atoms with E-state index in [1.807, 2.05) is 0 Å². The van der Waals surface area contributed by atoms with Gasteiger partial charge in [-0.15, -0.1) is 0 Å². The average Bonchev–Trinajstić information content (AvgIpc) is 2.69. The van der Waals surface area contributed by atoms with Crippen LogP contribution >= 0.6 is 7.82 Å². The normalized spacial score (nSPS) is 13.6. The van der Waals surface area contributed by atoms with Crippen LogP contribution in [0.4, 0.5) is 0 Å². The second-order valence-corrected chi connectivity index (χ2v) is 28.0. The first-order chi connectivity index (χ1) is 47.8. The van der Waals surface area contributed by atoms with Crippen molar-refractivity contribution in [3.63, 3.8) is 0 Å². The number of rotatable bonds is 75. The molecule has 0 bridgehead atoms. The molecular formula is C87H150NO8P. The lowest BCUT2D eigenvalue weighted by Crippen LogP contribution is -2.29. The summed E-state index contributed by atoms with van der Waals surface area (Å²) >= 11 is 0. The van der Waals surface area contributed by atoms with Crippen molar-refractivity contribution in [1.82, 2.24) is 0 Å². The molecule has 2 atom stereocenters. The third-order valence-electron chi connectivity index (χ3n) is 17.2. The van der Waals surface area contributed by atoms with Crippen molar-refractivity contribution in [2.24, 2.45) is 5.73 Å². The van der Waals surface area contributed by atoms with Gasteiger partial charge in [-0.25, -0.2) is 4.57 Å². The molecule has 10 heteroatoms. The Hall–Kier alpha value is -4.11. The molecule has 0 aromatic heterocycles. The Balaban J connectivity index is 3.85. The minimum atomic E-state index is -4.41. The van der Waals surface area contributed by atoms with Gasteiger partial charge in [-0.3, -0.25) is 18.6 Å². The zero-order chi connectivity index (χ0) is 70.0. The maximum atomic E-state index is 12.8. The minimum absolute atomic E-state index is 0.0463. The van der Waals surface area contributed by atoms with Crippen molar-refractivity contribution in [3.05, 3.63) is 146 Å². The molecule has 0 aromatic carbocycles. The van der Waals surface area contributed by atoms with E-state index in [1.165, 1.54) is 212 Å². The quantitative estimate of drug-likeness (QED) is 0.0264. The number of phosphoric ester groups is 1. The van der Waals surface area contributed by atoms with Crippen LogP contribution in [0.5, 0.6) is 0 Å². The monoisotopic (exact) mass is 1370 g/mol. The summed E-state index contributed by atoms with van der Waals surface area (Å²) in [5, 5.41) is 0. The maximum absolute atomic E-state index is 12.8. The van der Waals surface area contributed by atoms with Crippen molar-refractivity contribution in [3.8, 4) is 0 Å². The van der Waals surface area contributed by atoms with Crippen LogP contribution in [0.15, 0.2) is 146 Å². The third kappa shape index (κ3) is 80.8. The molecule has 0 heterocycles. The average molecular weight is 1370 g/mol. The molecule has 0 aliphatic carbocycles. The molecule has 556 valence electrons. The lowest BCUT2D eigenvalue weighted by Gasteiger charge is -2.19. The Morgan fingerprint density at radius 2 is 0.567 bits per heavy atom. The predicted molar refractivity (Wildman–Crippen MR) is 422 cm³/mol. The van der Waals surface area contributed by atoms with E-state index in [2.05, 4.69) is 160 Å². The highest BCUT2D eigenvalue weighted by Gasteiger charge is 2.26. The Labute approximate surface area is 598 Å². The molecule has 0 aliphatic rings. The molecule has 0 aliphatic heterocycles. The standard InChI is InChI=1S/C87H150NO8P/c1-3-5-7-9-11-13-15-17-19-21-23-25-27-29-31-33-35-37-39-40-41-42-43-44-46-47-49-51-53-55-57-59-61-63-65-67-69-71-73-75-77-79-86(89)93-83-85(84-95-97(91,92)94-82-81-88)96-87(90)80-78-76-74-72-70-68-66-64-62-60-58-56-54-52-50-48-45-38-36-34-32-30-28-26-24-22-20-18-16-14-12-10-8-6-4-2/h6,8,12,14-15,17-18,20-21,23-24,26-27,29-30,32,36,38,48,50,54,56,60,62,85H,3-5,7,9-11,13,16,19,22,25,28,31,33-35,37,39-47,49,51-53,55,57-59,61,63-84,88H2,1-2H3,(H,91,92)/b8-6-,14-12-,17-15-,20-18-,23-21-,26-24-,29-27-,32-30-,38-36-,50-48-,56-54-,62-60-. The summed E-state index contributed by atoms with van der Waals surface area (Å²) in [5.41, 5.74) is 5.41. The van der Waals surface area contributed by atoms with E-state index >= 15 is 0 Å². The number of carbonyl (C=O) groups is 2. The topological polar surface area (TPSA) is 134 Å². The number of carbonyl (C=O) groups excluding carboxylic acids is 2. The predicted octanol–water partition coefficient (Wildman–Crippen LogP) is 27.3. The fourth-order valence-corrected chi connectivity index (χ4v) is 12.1. The van der Waals surface area contributed by atoms with E-state index in [9.17, 15) is 19.0 Å². The van der Waals surface area contributed by atoms with Crippen LogP contribution < -0.4 is 5.73 Å². The third-order valence-corrected chi connectivity index (χ3v) is 18.2. The Kier molecular flexibility index (Phi) is 77.4. The molecular weight excluding hydrogens is 1220 g/mol. The van der Waals surface area contributed by atoms with Gasteiger partial charge in [0.05, 0.1) is 13.2 Å². The van der Waals surface area contributed by atoms with E-state index in [4.69, 9.17) is 24.3 Å². The summed E-state index contributed by atoms with van der Waals surface area (Å²) in [6.45, 7) is 3.63. The van der Waals surface area contributed by atoms with Crippen LogP contribution in [0, 0.1) is 0 Å². The van der Waals surface area contributed by atoms with Crippen LogP contribution in [0.3, 0.4) is 0 Å². The Morgan fingerprint density at radius 1 is 0.320 bits per heavy atom. The molecule has 0 aromatic rings. The molecule has 0 radical (unpaired) electrons. The van der Waals surface area contributed by atoms with Crippen LogP contribution in [-0.4, -0.2) is 49.3 Å². The lowest BCUT2D eigenvalue weighted by atomic mass is 10.0. The van der Waals surface area contributed by atoms with Crippen LogP contribution in [0.25, 0.3) is 0 Å². The largest absolute Gasteiger partial charge is 0.472 e. The first-order valence-electron chi connectivity index (χ1n) is 40.3. The first kappa shape index (κ1) is 92.9. The van der Waals surface area contributed by atoms with E-state index in [0.29, 0.717) is 6.42 Å². The molecule has 2 unspecified atom stereocenters. The molecule has 9 nitrogen and oxygen atoms in total. The molecule has 3 N–H and O–H groups in total. The molecule has 0 amide bonds. The van der Waals surface area contributed by atoms with Gasteiger partial charge < -0.3 is 20.1 Å².